The minimum atomic E-state index is -4.16. The van der Waals surface area contributed by atoms with Crippen LogP contribution in [0.4, 0.5) is 0 Å². The number of carbonyl (C=O) groups excluding carboxylic acids is 1. The van der Waals surface area contributed by atoms with E-state index in [1.165, 1.54) is 11.1 Å². The van der Waals surface area contributed by atoms with Crippen LogP contribution in [0.5, 0.6) is 0 Å². The number of hydrogen-bond acceptors (Lipinski definition) is 6. The largest absolute Gasteiger partial charge is 0.369 e. The molecule has 0 bridgehead atoms. The van der Waals surface area contributed by atoms with Crippen LogP contribution in [0.2, 0.25) is 0 Å². The first-order valence-electron chi connectivity index (χ1n) is 10.3. The number of sulfonamides is 1. The number of primary amides is 1. The molecule has 0 spiro atoms. The molecule has 9 heteroatoms. The van der Waals surface area contributed by atoms with Crippen LogP contribution in [0.25, 0.3) is 0 Å². The maximum atomic E-state index is 12.9. The molecular weight excluding hydrogens is 392 g/mol. The van der Waals surface area contributed by atoms with Crippen LogP contribution in [0.3, 0.4) is 0 Å². The highest BCUT2D eigenvalue weighted by molar-refractivity contribution is 7.89. The lowest BCUT2D eigenvalue weighted by molar-refractivity contribution is -0.213. The molecule has 1 saturated carbocycles. The van der Waals surface area contributed by atoms with Crippen LogP contribution in [-0.2, 0) is 19.6 Å². The first kappa shape index (κ1) is 19.4. The maximum absolute atomic E-state index is 12.9. The number of carbonyl (C=O) groups is 1. The fraction of sp³-hybridized carbons (Fsp3) is 0.650. The predicted molar refractivity (Wildman–Crippen MR) is 107 cm³/mol. The van der Waals surface area contributed by atoms with Crippen LogP contribution in [-0.4, -0.2) is 43.6 Å². The topological polar surface area (TPSA) is 128 Å². The molecule has 7 unspecified atom stereocenters. The van der Waals surface area contributed by atoms with Gasteiger partial charge in [-0.05, 0) is 43.6 Å². The van der Waals surface area contributed by atoms with E-state index in [1.54, 1.807) is 6.92 Å². The molecule has 29 heavy (non-hydrogen) atoms. The number of nitrogens with zero attached hydrogens (tertiary/aromatic N) is 1. The molecule has 5 aliphatic rings. The Morgan fingerprint density at radius 1 is 1.38 bits per heavy atom. The number of fused-ring (bicyclic) bond motifs is 3. The second kappa shape index (κ2) is 6.49. The van der Waals surface area contributed by atoms with Gasteiger partial charge in [-0.15, -0.1) is 0 Å². The van der Waals surface area contributed by atoms with Gasteiger partial charge in [0.2, 0.25) is 15.9 Å². The van der Waals surface area contributed by atoms with E-state index >= 15 is 0 Å². The molecule has 1 amide bonds. The summed E-state index contributed by atoms with van der Waals surface area (Å²) in [5.41, 5.74) is 8.92. The Morgan fingerprint density at radius 3 is 2.90 bits per heavy atom. The zero-order chi connectivity index (χ0) is 20.6. The maximum Gasteiger partial charge on any atom is 0.237 e. The Labute approximate surface area is 171 Å². The number of hydrogen-bond donors (Lipinski definition) is 3. The first-order chi connectivity index (χ1) is 13.7. The van der Waals surface area contributed by atoms with Gasteiger partial charge in [0.05, 0.1) is 0 Å². The van der Waals surface area contributed by atoms with Crippen LogP contribution in [0.1, 0.15) is 32.6 Å². The van der Waals surface area contributed by atoms with Gasteiger partial charge >= 0.3 is 0 Å². The Kier molecular flexibility index (Phi) is 4.35. The summed E-state index contributed by atoms with van der Waals surface area (Å²) in [5, 5.41) is 7.54. The highest BCUT2D eigenvalue weighted by atomic mass is 32.2. The molecule has 5 rings (SSSR count). The van der Waals surface area contributed by atoms with Gasteiger partial charge in [0.15, 0.2) is 5.44 Å². The first-order valence-corrected chi connectivity index (χ1v) is 11.9. The van der Waals surface area contributed by atoms with Crippen LogP contribution >= 0.6 is 0 Å². The fourth-order valence-corrected chi connectivity index (χ4v) is 7.57. The van der Waals surface area contributed by atoms with E-state index in [0.717, 1.165) is 19.3 Å². The molecule has 2 heterocycles. The molecule has 0 aromatic rings. The lowest BCUT2D eigenvalue weighted by atomic mass is 9.61. The number of primary sulfonamides is 1. The minimum absolute atomic E-state index is 0.0150. The summed E-state index contributed by atoms with van der Waals surface area (Å²) in [4.78, 5) is 12.9. The number of ether oxygens (including phenoxy) is 1. The summed E-state index contributed by atoms with van der Waals surface area (Å²) in [6.45, 7) is 2.26. The number of rotatable bonds is 3. The number of amides is 1. The summed E-state index contributed by atoms with van der Waals surface area (Å²) in [6.07, 6.45) is 12.0. The van der Waals surface area contributed by atoms with E-state index < -0.39 is 39.1 Å². The van der Waals surface area contributed by atoms with Crippen molar-refractivity contribution < 1.29 is 17.9 Å². The molecule has 7 atom stereocenters. The summed E-state index contributed by atoms with van der Waals surface area (Å²) in [6, 6.07) is -0.451. The lowest BCUT2D eigenvalue weighted by Crippen LogP contribution is -2.72. The third-order valence-corrected chi connectivity index (χ3v) is 8.75. The molecule has 8 nitrogen and oxygen atoms in total. The van der Waals surface area contributed by atoms with Crippen molar-refractivity contribution in [2.45, 2.75) is 50.3 Å². The Morgan fingerprint density at radius 2 is 2.17 bits per heavy atom. The standard InChI is InChI=1S/C20H28N4O4S/c1-20(18(21)25)17(24-15(8-9-23-24)28-19(20)29(22,26)27)16-13-6-2-4-11(13)10-12-5-3-7-14(12)16/h2,4,6,10,13-17,19,23H,3,5,7-9H2,1H3,(H2,21,25)(H2,22,26,27). The molecule has 5 N–H and O–H groups in total. The van der Waals surface area contributed by atoms with Crippen molar-refractivity contribution in [1.82, 2.24) is 10.4 Å². The average molecular weight is 421 g/mol. The van der Waals surface area contributed by atoms with Crippen molar-refractivity contribution in [3.05, 3.63) is 35.5 Å². The predicted octanol–water partition coefficient (Wildman–Crippen LogP) is 0.497. The number of hydrazine groups is 1. The van der Waals surface area contributed by atoms with Crippen LogP contribution in [0.15, 0.2) is 35.5 Å². The summed E-state index contributed by atoms with van der Waals surface area (Å²) < 4.78 is 31.0. The zero-order valence-corrected chi connectivity index (χ0v) is 17.3. The van der Waals surface area contributed by atoms with Crippen molar-refractivity contribution in [3.8, 4) is 0 Å². The van der Waals surface area contributed by atoms with Crippen molar-refractivity contribution in [3.63, 3.8) is 0 Å². The summed E-state index contributed by atoms with van der Waals surface area (Å²) >= 11 is 0. The number of allylic oxidation sites excluding steroid dienone is 6. The summed E-state index contributed by atoms with van der Waals surface area (Å²) in [7, 11) is -4.16. The molecule has 3 aliphatic carbocycles. The van der Waals surface area contributed by atoms with Gasteiger partial charge < -0.3 is 10.5 Å². The molecule has 0 radical (unpaired) electrons. The van der Waals surface area contributed by atoms with E-state index in [0.29, 0.717) is 13.0 Å². The van der Waals surface area contributed by atoms with Crippen LogP contribution < -0.4 is 16.3 Å². The average Bonchev–Trinajstić information content (AvgIpc) is 3.38. The molecular formula is C20H28N4O4S. The highest BCUT2D eigenvalue weighted by Gasteiger charge is 2.65. The van der Waals surface area contributed by atoms with Crippen LogP contribution in [0, 0.1) is 23.2 Å². The van der Waals surface area contributed by atoms with Gasteiger partial charge in [0, 0.05) is 24.9 Å². The van der Waals surface area contributed by atoms with Gasteiger partial charge in [0.25, 0.3) is 0 Å². The van der Waals surface area contributed by atoms with E-state index in [1.807, 2.05) is 5.01 Å². The number of nitrogens with two attached hydrogens (primary N) is 2. The summed E-state index contributed by atoms with van der Waals surface area (Å²) in [5.74, 6) is -0.282. The highest BCUT2D eigenvalue weighted by Crippen LogP contribution is 2.55. The van der Waals surface area contributed by atoms with E-state index in [9.17, 15) is 13.2 Å². The molecule has 0 aromatic heterocycles. The Hall–Kier alpha value is -1.52. The van der Waals surface area contributed by atoms with Gasteiger partial charge in [0.1, 0.15) is 11.6 Å². The second-order valence-corrected chi connectivity index (χ2v) is 10.7. The van der Waals surface area contributed by atoms with Crippen molar-refractivity contribution in [1.29, 1.82) is 0 Å². The van der Waals surface area contributed by atoms with E-state index in [-0.39, 0.29) is 17.8 Å². The van der Waals surface area contributed by atoms with Crippen molar-refractivity contribution in [2.75, 3.05) is 6.54 Å². The normalized spacial score (nSPS) is 44.1. The third kappa shape index (κ3) is 2.71. The van der Waals surface area contributed by atoms with Crippen molar-refractivity contribution >= 4 is 15.9 Å². The molecule has 3 fully saturated rings. The quantitative estimate of drug-likeness (QED) is 0.610. The molecule has 158 valence electrons. The third-order valence-electron chi connectivity index (χ3n) is 7.55. The molecule has 2 aliphatic heterocycles. The molecule has 0 aromatic carbocycles. The minimum Gasteiger partial charge on any atom is -0.369 e. The lowest BCUT2D eigenvalue weighted by Gasteiger charge is -2.56. The number of nitrogens with one attached hydrogen (secondary N) is 1. The van der Waals surface area contributed by atoms with Gasteiger partial charge in [-0.3, -0.25) is 10.2 Å². The zero-order valence-electron chi connectivity index (χ0n) is 16.5. The van der Waals surface area contributed by atoms with Crippen molar-refractivity contribution in [2.24, 2.45) is 34.0 Å². The second-order valence-electron chi connectivity index (χ2n) is 9.08. The van der Waals surface area contributed by atoms with Gasteiger partial charge in [-0.25, -0.2) is 18.6 Å². The SMILES string of the molecule is CC1(C(N)=O)C(C2C3C=CC=C3C=C3CCCC32)N2NCCC2OC1S(N)(=O)=O. The Bertz CT molecular complexity index is 942. The Balaban J connectivity index is 1.69. The monoisotopic (exact) mass is 420 g/mol. The molecule has 2 saturated heterocycles. The van der Waals surface area contributed by atoms with Gasteiger partial charge in [-0.2, -0.15) is 0 Å². The van der Waals surface area contributed by atoms with E-state index in [2.05, 4.69) is 29.7 Å². The smallest absolute Gasteiger partial charge is 0.237 e. The van der Waals surface area contributed by atoms with E-state index in [4.69, 9.17) is 15.6 Å². The van der Waals surface area contributed by atoms with Gasteiger partial charge in [-0.1, -0.05) is 29.9 Å². The fourth-order valence-electron chi connectivity index (χ4n) is 6.35.